The molecule has 0 aromatic heterocycles. The van der Waals surface area contributed by atoms with Gasteiger partial charge in [-0.1, -0.05) is 6.08 Å². The summed E-state index contributed by atoms with van der Waals surface area (Å²) < 4.78 is 39.6. The van der Waals surface area contributed by atoms with Gasteiger partial charge in [0.25, 0.3) is 5.91 Å². The Hall–Kier alpha value is -2.44. The van der Waals surface area contributed by atoms with E-state index < -0.39 is 28.9 Å². The third kappa shape index (κ3) is 3.31. The van der Waals surface area contributed by atoms with Crippen molar-refractivity contribution in [2.75, 3.05) is 7.05 Å². The van der Waals surface area contributed by atoms with Crippen LogP contribution in [0.3, 0.4) is 0 Å². The van der Waals surface area contributed by atoms with Crippen LogP contribution in [0.4, 0.5) is 13.2 Å². The minimum Gasteiger partial charge on any atom is -0.320 e. The van der Waals surface area contributed by atoms with Crippen LogP contribution in [0.2, 0.25) is 0 Å². The fourth-order valence-electron chi connectivity index (χ4n) is 1.46. The lowest BCUT2D eigenvalue weighted by Crippen LogP contribution is -2.29. The highest BCUT2D eigenvalue weighted by Crippen LogP contribution is 2.15. The molecular formula is C13H11F3N2O2. The molecule has 0 saturated heterocycles. The van der Waals surface area contributed by atoms with Gasteiger partial charge >= 0.3 is 0 Å². The Morgan fingerprint density at radius 3 is 2.20 bits per heavy atom. The molecule has 0 spiro atoms. The number of carbonyl (C=O) groups is 2. The Balaban J connectivity index is 3.12. The fraction of sp³-hybridized carbons (Fsp3) is 0.154. The van der Waals surface area contributed by atoms with Crippen LogP contribution in [0.1, 0.15) is 17.3 Å². The van der Waals surface area contributed by atoms with Crippen molar-refractivity contribution in [3.8, 4) is 0 Å². The summed E-state index contributed by atoms with van der Waals surface area (Å²) in [7, 11) is 1.32. The van der Waals surface area contributed by atoms with Gasteiger partial charge in [0, 0.05) is 19.2 Å². The number of halogens is 3. The standard InChI is InChI=1S/C13H11F3N2O2/c1-3-10(11(6-19)17-2)18-13(20)12-8(15)4-7(14)5-9(12)16/h3-6H,1-2H3,(H,18,20)/b10-3+,17-11?. The van der Waals surface area contributed by atoms with Crippen LogP contribution >= 0.6 is 0 Å². The molecule has 0 unspecified atom stereocenters. The molecule has 0 bridgehead atoms. The molecule has 1 aromatic carbocycles. The lowest BCUT2D eigenvalue weighted by molar-refractivity contribution is -0.102. The van der Waals surface area contributed by atoms with E-state index in [0.717, 1.165) is 0 Å². The molecule has 0 radical (unpaired) electrons. The molecule has 20 heavy (non-hydrogen) atoms. The van der Waals surface area contributed by atoms with Gasteiger partial charge in [-0.2, -0.15) is 0 Å². The molecule has 0 heterocycles. The summed E-state index contributed by atoms with van der Waals surface area (Å²) in [5.74, 6) is -4.95. The van der Waals surface area contributed by atoms with Gasteiger partial charge in [0.15, 0.2) is 6.29 Å². The van der Waals surface area contributed by atoms with Gasteiger partial charge in [0.1, 0.15) is 28.7 Å². The summed E-state index contributed by atoms with van der Waals surface area (Å²) in [6.45, 7) is 1.50. The lowest BCUT2D eigenvalue weighted by Gasteiger charge is -2.09. The largest absolute Gasteiger partial charge is 0.320 e. The number of aldehydes is 1. The summed E-state index contributed by atoms with van der Waals surface area (Å²) >= 11 is 0. The van der Waals surface area contributed by atoms with Gasteiger partial charge in [-0.05, 0) is 6.92 Å². The predicted octanol–water partition coefficient (Wildman–Crippen LogP) is 2.01. The number of aliphatic imine (C=N–C) groups is 1. The number of amides is 1. The number of carbonyl (C=O) groups excluding carboxylic acids is 2. The predicted molar refractivity (Wildman–Crippen MR) is 67.0 cm³/mol. The Morgan fingerprint density at radius 2 is 1.80 bits per heavy atom. The summed E-state index contributed by atoms with van der Waals surface area (Å²) in [5, 5.41) is 2.14. The highest BCUT2D eigenvalue weighted by molar-refractivity contribution is 6.36. The van der Waals surface area contributed by atoms with Gasteiger partial charge < -0.3 is 5.32 Å². The molecule has 0 aliphatic carbocycles. The van der Waals surface area contributed by atoms with Gasteiger partial charge in [0.2, 0.25) is 0 Å². The maximum atomic E-state index is 13.4. The van der Waals surface area contributed by atoms with E-state index in [1.807, 2.05) is 0 Å². The summed E-state index contributed by atoms with van der Waals surface area (Å²) in [5.41, 5.74) is -1.04. The normalized spacial score (nSPS) is 12.2. The van der Waals surface area contributed by atoms with Gasteiger partial charge in [-0.25, -0.2) is 13.2 Å². The minimum absolute atomic E-state index is 0.00405. The number of allylic oxidation sites excluding steroid dienone is 2. The number of nitrogens with one attached hydrogen (secondary N) is 1. The van der Waals surface area contributed by atoms with E-state index in [0.29, 0.717) is 18.4 Å². The zero-order valence-corrected chi connectivity index (χ0v) is 10.7. The Bertz CT molecular complexity index is 587. The molecule has 7 heteroatoms. The Morgan fingerprint density at radius 1 is 1.25 bits per heavy atom. The van der Waals surface area contributed by atoms with Crippen LogP contribution in [-0.4, -0.2) is 25.0 Å². The molecule has 1 amide bonds. The third-order valence-electron chi connectivity index (χ3n) is 2.40. The molecule has 1 rings (SSSR count). The monoisotopic (exact) mass is 284 g/mol. The van der Waals surface area contributed by atoms with Crippen LogP contribution in [0.15, 0.2) is 28.9 Å². The Kier molecular flexibility index (Phi) is 5.19. The van der Waals surface area contributed by atoms with E-state index >= 15 is 0 Å². The highest BCUT2D eigenvalue weighted by atomic mass is 19.1. The molecule has 106 valence electrons. The van der Waals surface area contributed by atoms with Crippen molar-refractivity contribution in [2.24, 2.45) is 4.99 Å². The van der Waals surface area contributed by atoms with Crippen LogP contribution in [-0.2, 0) is 4.79 Å². The lowest BCUT2D eigenvalue weighted by atomic mass is 10.1. The van der Waals surface area contributed by atoms with Crippen LogP contribution in [0.25, 0.3) is 0 Å². The maximum absolute atomic E-state index is 13.4. The Labute approximate surface area is 113 Å². The van der Waals surface area contributed by atoms with Crippen molar-refractivity contribution in [3.63, 3.8) is 0 Å². The first-order valence-corrected chi connectivity index (χ1v) is 5.49. The second-order valence-corrected chi connectivity index (χ2v) is 3.63. The molecule has 0 aliphatic heterocycles. The summed E-state index contributed by atoms with van der Waals surface area (Å²) in [6, 6.07) is 0.781. The van der Waals surface area contributed by atoms with Crippen molar-refractivity contribution in [1.82, 2.24) is 5.32 Å². The van der Waals surface area contributed by atoms with Crippen LogP contribution < -0.4 is 5.32 Å². The van der Waals surface area contributed by atoms with E-state index in [-0.39, 0.29) is 11.4 Å². The first-order chi connectivity index (χ1) is 9.44. The second kappa shape index (κ2) is 6.65. The van der Waals surface area contributed by atoms with E-state index in [4.69, 9.17) is 0 Å². The molecule has 1 N–H and O–H groups in total. The van der Waals surface area contributed by atoms with E-state index in [2.05, 4.69) is 10.3 Å². The van der Waals surface area contributed by atoms with Crippen molar-refractivity contribution in [1.29, 1.82) is 0 Å². The zero-order chi connectivity index (χ0) is 15.3. The second-order valence-electron chi connectivity index (χ2n) is 3.63. The quantitative estimate of drug-likeness (QED) is 0.679. The third-order valence-corrected chi connectivity index (χ3v) is 2.40. The molecule has 0 fully saturated rings. The van der Waals surface area contributed by atoms with Gasteiger partial charge in [-0.15, -0.1) is 0 Å². The number of rotatable bonds is 4. The number of benzene rings is 1. The minimum atomic E-state index is -1.34. The number of nitrogens with zero attached hydrogens (tertiary/aromatic N) is 1. The smallest absolute Gasteiger partial charge is 0.261 e. The molecular weight excluding hydrogens is 273 g/mol. The summed E-state index contributed by atoms with van der Waals surface area (Å²) in [6.07, 6.45) is 1.72. The van der Waals surface area contributed by atoms with Crippen molar-refractivity contribution < 1.29 is 22.8 Å². The topological polar surface area (TPSA) is 58.5 Å². The van der Waals surface area contributed by atoms with Crippen molar-refractivity contribution in [3.05, 3.63) is 46.9 Å². The van der Waals surface area contributed by atoms with Crippen LogP contribution in [0.5, 0.6) is 0 Å². The molecule has 4 nitrogen and oxygen atoms in total. The van der Waals surface area contributed by atoms with E-state index in [1.54, 1.807) is 0 Å². The highest BCUT2D eigenvalue weighted by Gasteiger charge is 2.20. The van der Waals surface area contributed by atoms with Gasteiger partial charge in [-0.3, -0.25) is 14.6 Å². The molecule has 1 aromatic rings. The van der Waals surface area contributed by atoms with E-state index in [1.165, 1.54) is 20.0 Å². The molecule has 0 aliphatic rings. The summed E-state index contributed by atoms with van der Waals surface area (Å²) in [4.78, 5) is 26.1. The van der Waals surface area contributed by atoms with Crippen LogP contribution in [0, 0.1) is 17.5 Å². The fourth-order valence-corrected chi connectivity index (χ4v) is 1.46. The van der Waals surface area contributed by atoms with Crippen molar-refractivity contribution in [2.45, 2.75) is 6.92 Å². The van der Waals surface area contributed by atoms with Crippen molar-refractivity contribution >= 4 is 17.9 Å². The van der Waals surface area contributed by atoms with Gasteiger partial charge in [0.05, 0.1) is 5.70 Å². The SMILES string of the molecule is C/C=C(/NC(=O)c1c(F)cc(F)cc1F)C(C=O)=NC. The maximum Gasteiger partial charge on any atom is 0.261 e. The van der Waals surface area contributed by atoms with E-state index in [9.17, 15) is 22.8 Å². The molecule has 0 atom stereocenters. The number of hydrogen-bond acceptors (Lipinski definition) is 3. The molecule has 0 saturated carbocycles. The number of hydrogen-bond donors (Lipinski definition) is 1. The first kappa shape index (κ1) is 15.6. The average molecular weight is 284 g/mol. The first-order valence-electron chi connectivity index (χ1n) is 5.49. The average Bonchev–Trinajstić information content (AvgIpc) is 2.37. The zero-order valence-electron chi connectivity index (χ0n) is 10.7.